The van der Waals surface area contributed by atoms with E-state index in [1.165, 1.54) is 0 Å². The van der Waals surface area contributed by atoms with E-state index >= 15 is 0 Å². The number of aliphatic carboxylic acids is 1. The molecule has 0 bridgehead atoms. The molecule has 0 aromatic heterocycles. The largest absolute Gasteiger partial charge is 0.494 e. The first-order valence-corrected chi connectivity index (χ1v) is 6.51. The number of rotatable bonds is 7. The zero-order valence-corrected chi connectivity index (χ0v) is 11.7. The van der Waals surface area contributed by atoms with Crippen LogP contribution in [0.5, 0.6) is 5.75 Å². The second-order valence-electron chi connectivity index (χ2n) is 4.27. The van der Waals surface area contributed by atoms with E-state index in [0.29, 0.717) is 6.61 Å². The minimum atomic E-state index is -0.942. The van der Waals surface area contributed by atoms with Crippen molar-refractivity contribution in [3.63, 3.8) is 0 Å². The zero-order valence-electron chi connectivity index (χ0n) is 11.7. The number of benzene rings is 1. The summed E-state index contributed by atoms with van der Waals surface area (Å²) in [5.74, 6) is -0.187. The van der Waals surface area contributed by atoms with Gasteiger partial charge in [0.15, 0.2) is 0 Å². The van der Waals surface area contributed by atoms with Crippen molar-refractivity contribution in [2.24, 2.45) is 0 Å². The van der Waals surface area contributed by atoms with E-state index in [2.05, 4.69) is 10.6 Å². The van der Waals surface area contributed by atoms with Crippen LogP contribution in [-0.4, -0.2) is 30.3 Å². The van der Waals surface area contributed by atoms with Gasteiger partial charge in [-0.1, -0.05) is 12.1 Å². The zero-order chi connectivity index (χ0) is 15.0. The Morgan fingerprint density at radius 3 is 2.80 bits per heavy atom. The van der Waals surface area contributed by atoms with Crippen molar-refractivity contribution >= 4 is 12.0 Å². The number of ether oxygens (including phenoxy) is 1. The summed E-state index contributed by atoms with van der Waals surface area (Å²) in [5, 5.41) is 13.7. The Morgan fingerprint density at radius 2 is 2.15 bits per heavy atom. The van der Waals surface area contributed by atoms with Gasteiger partial charge in [-0.2, -0.15) is 0 Å². The molecule has 0 saturated carbocycles. The first kappa shape index (κ1) is 15.8. The number of hydrogen-bond acceptors (Lipinski definition) is 3. The van der Waals surface area contributed by atoms with Gasteiger partial charge in [-0.25, -0.2) is 4.79 Å². The number of carboxylic acids is 1. The summed E-state index contributed by atoms with van der Waals surface area (Å²) in [5.41, 5.74) is 0.921. The molecule has 1 atom stereocenters. The molecule has 0 aliphatic heterocycles. The molecule has 2 amide bonds. The van der Waals surface area contributed by atoms with Gasteiger partial charge in [-0.15, -0.1) is 0 Å². The van der Waals surface area contributed by atoms with Crippen LogP contribution in [0.3, 0.4) is 0 Å². The smallest absolute Gasteiger partial charge is 0.315 e. The maximum atomic E-state index is 11.6. The third kappa shape index (κ3) is 5.60. The molecule has 1 unspecified atom stereocenters. The Hall–Kier alpha value is -2.24. The SMILES string of the molecule is CCOc1cccc(C(C)NC(=O)NCCC(=O)O)c1. The molecule has 1 aromatic rings. The summed E-state index contributed by atoms with van der Waals surface area (Å²) in [4.78, 5) is 21.9. The summed E-state index contributed by atoms with van der Waals surface area (Å²) in [6.07, 6.45) is -0.0956. The molecule has 0 heterocycles. The van der Waals surface area contributed by atoms with Gasteiger partial charge in [0.2, 0.25) is 0 Å². The molecule has 0 saturated heterocycles. The maximum absolute atomic E-state index is 11.6. The number of carbonyl (C=O) groups is 2. The lowest BCUT2D eigenvalue weighted by atomic mass is 10.1. The van der Waals surface area contributed by atoms with Gasteiger partial charge >= 0.3 is 12.0 Å². The molecule has 6 nitrogen and oxygen atoms in total. The second-order valence-corrected chi connectivity index (χ2v) is 4.27. The van der Waals surface area contributed by atoms with Crippen molar-refractivity contribution in [3.8, 4) is 5.75 Å². The Morgan fingerprint density at radius 1 is 1.40 bits per heavy atom. The van der Waals surface area contributed by atoms with Crippen LogP contribution in [0.1, 0.15) is 31.9 Å². The van der Waals surface area contributed by atoms with E-state index in [0.717, 1.165) is 11.3 Å². The summed E-state index contributed by atoms with van der Waals surface area (Å²) in [6, 6.07) is 6.89. The molecular weight excluding hydrogens is 260 g/mol. The minimum absolute atomic E-state index is 0.0956. The first-order valence-electron chi connectivity index (χ1n) is 6.51. The van der Waals surface area contributed by atoms with Gasteiger partial charge in [0, 0.05) is 6.54 Å². The van der Waals surface area contributed by atoms with Gasteiger partial charge in [-0.05, 0) is 31.5 Å². The lowest BCUT2D eigenvalue weighted by molar-refractivity contribution is -0.136. The molecular formula is C14H20N2O4. The highest BCUT2D eigenvalue weighted by atomic mass is 16.5. The van der Waals surface area contributed by atoms with Gasteiger partial charge in [-0.3, -0.25) is 4.79 Å². The van der Waals surface area contributed by atoms with Crippen molar-refractivity contribution in [1.82, 2.24) is 10.6 Å². The highest BCUT2D eigenvalue weighted by Gasteiger charge is 2.10. The average Bonchev–Trinajstić information content (AvgIpc) is 2.39. The van der Waals surface area contributed by atoms with Crippen LogP contribution < -0.4 is 15.4 Å². The van der Waals surface area contributed by atoms with Crippen molar-refractivity contribution < 1.29 is 19.4 Å². The number of urea groups is 1. The molecule has 3 N–H and O–H groups in total. The maximum Gasteiger partial charge on any atom is 0.315 e. The molecule has 0 radical (unpaired) electrons. The molecule has 0 spiro atoms. The van der Waals surface area contributed by atoms with Crippen LogP contribution in [0, 0.1) is 0 Å². The van der Waals surface area contributed by atoms with Crippen LogP contribution >= 0.6 is 0 Å². The number of hydrogen-bond donors (Lipinski definition) is 3. The summed E-state index contributed by atoms with van der Waals surface area (Å²) in [7, 11) is 0. The molecule has 6 heteroatoms. The lowest BCUT2D eigenvalue weighted by Gasteiger charge is -2.15. The van der Waals surface area contributed by atoms with E-state index in [4.69, 9.17) is 9.84 Å². The second kappa shape index (κ2) is 8.04. The van der Waals surface area contributed by atoms with Crippen molar-refractivity contribution in [2.45, 2.75) is 26.3 Å². The monoisotopic (exact) mass is 280 g/mol. The fourth-order valence-corrected chi connectivity index (χ4v) is 1.65. The van der Waals surface area contributed by atoms with Crippen LogP contribution in [0.4, 0.5) is 4.79 Å². The highest BCUT2D eigenvalue weighted by Crippen LogP contribution is 2.18. The topological polar surface area (TPSA) is 87.7 Å². The predicted molar refractivity (Wildman–Crippen MR) is 74.8 cm³/mol. The minimum Gasteiger partial charge on any atom is -0.494 e. The van der Waals surface area contributed by atoms with Gasteiger partial charge in [0.25, 0.3) is 0 Å². The molecule has 0 fully saturated rings. The highest BCUT2D eigenvalue weighted by molar-refractivity contribution is 5.75. The first-order chi connectivity index (χ1) is 9.52. The quantitative estimate of drug-likeness (QED) is 0.712. The summed E-state index contributed by atoms with van der Waals surface area (Å²) in [6.45, 7) is 4.44. The van der Waals surface area contributed by atoms with E-state index < -0.39 is 5.97 Å². The van der Waals surface area contributed by atoms with Gasteiger partial charge < -0.3 is 20.5 Å². The summed E-state index contributed by atoms with van der Waals surface area (Å²) >= 11 is 0. The number of nitrogens with one attached hydrogen (secondary N) is 2. The van der Waals surface area contributed by atoms with E-state index in [1.54, 1.807) is 0 Å². The Balaban J connectivity index is 2.48. The van der Waals surface area contributed by atoms with E-state index in [9.17, 15) is 9.59 Å². The van der Waals surface area contributed by atoms with Crippen LogP contribution in [0.2, 0.25) is 0 Å². The van der Waals surface area contributed by atoms with Crippen molar-refractivity contribution in [1.29, 1.82) is 0 Å². The Kier molecular flexibility index (Phi) is 6.36. The molecule has 1 rings (SSSR count). The Labute approximate surface area is 118 Å². The normalized spacial score (nSPS) is 11.5. The fourth-order valence-electron chi connectivity index (χ4n) is 1.65. The number of carboxylic acid groups (broad SMARTS) is 1. The number of carbonyl (C=O) groups excluding carboxylic acids is 1. The fraction of sp³-hybridized carbons (Fsp3) is 0.429. The lowest BCUT2D eigenvalue weighted by Crippen LogP contribution is -2.38. The average molecular weight is 280 g/mol. The van der Waals surface area contributed by atoms with Crippen molar-refractivity contribution in [3.05, 3.63) is 29.8 Å². The van der Waals surface area contributed by atoms with Crippen LogP contribution in [0.25, 0.3) is 0 Å². The molecule has 20 heavy (non-hydrogen) atoms. The molecule has 110 valence electrons. The van der Waals surface area contributed by atoms with Crippen molar-refractivity contribution in [2.75, 3.05) is 13.2 Å². The summed E-state index contributed by atoms with van der Waals surface area (Å²) < 4.78 is 5.40. The van der Waals surface area contributed by atoms with Crippen LogP contribution in [0.15, 0.2) is 24.3 Å². The van der Waals surface area contributed by atoms with Crippen LogP contribution in [-0.2, 0) is 4.79 Å². The van der Waals surface area contributed by atoms with Gasteiger partial charge in [0.05, 0.1) is 19.1 Å². The van der Waals surface area contributed by atoms with E-state index in [-0.39, 0.29) is 25.0 Å². The third-order valence-electron chi connectivity index (χ3n) is 2.64. The van der Waals surface area contributed by atoms with Gasteiger partial charge in [0.1, 0.15) is 5.75 Å². The number of amides is 2. The standard InChI is InChI=1S/C14H20N2O4/c1-3-20-12-6-4-5-11(9-12)10(2)16-14(19)15-8-7-13(17)18/h4-6,9-10H,3,7-8H2,1-2H3,(H,17,18)(H2,15,16,19). The predicted octanol–water partition coefficient (Wildman–Crippen LogP) is 1.92. The third-order valence-corrected chi connectivity index (χ3v) is 2.64. The molecule has 0 aliphatic rings. The molecule has 0 aliphatic carbocycles. The molecule has 1 aromatic carbocycles. The van der Waals surface area contributed by atoms with E-state index in [1.807, 2.05) is 38.1 Å². The Bertz CT molecular complexity index is 462.